The number of hydrogen-bond donors (Lipinski definition) is 1. The van der Waals surface area contributed by atoms with Gasteiger partial charge in [-0.3, -0.25) is 0 Å². The van der Waals surface area contributed by atoms with E-state index in [2.05, 4.69) is 10.1 Å². The third-order valence-electron chi connectivity index (χ3n) is 0.891. The maximum absolute atomic E-state index is 10.5. The van der Waals surface area contributed by atoms with Crippen LogP contribution in [0.25, 0.3) is 0 Å². The Balaban J connectivity index is 3.51. The summed E-state index contributed by atoms with van der Waals surface area (Å²) in [5.41, 5.74) is 0. The molecule has 0 unspecified atom stereocenters. The summed E-state index contributed by atoms with van der Waals surface area (Å²) in [7, 11) is -1.63. The normalized spacial score (nSPS) is 10.7. The van der Waals surface area contributed by atoms with Crippen molar-refractivity contribution >= 4 is 15.9 Å². The number of alkyl carbamates (subject to hydrolysis) is 1. The van der Waals surface area contributed by atoms with E-state index in [4.69, 9.17) is 0 Å². The molecule has 0 rings (SSSR count). The van der Waals surface area contributed by atoms with E-state index < -0.39 is 15.9 Å². The van der Waals surface area contributed by atoms with Gasteiger partial charge in [-0.2, -0.15) is 0 Å². The van der Waals surface area contributed by atoms with Gasteiger partial charge in [0, 0.05) is 13.3 Å². The third-order valence-corrected chi connectivity index (χ3v) is 1.80. The smallest absolute Gasteiger partial charge is 0.406 e. The van der Waals surface area contributed by atoms with Gasteiger partial charge < -0.3 is 10.1 Å². The van der Waals surface area contributed by atoms with E-state index >= 15 is 0 Å². The monoisotopic (exact) mass is 181 g/mol. The highest BCUT2D eigenvalue weighted by Gasteiger charge is 2.03. The minimum atomic E-state index is -3.03. The molecule has 0 aliphatic carbocycles. The lowest BCUT2D eigenvalue weighted by atomic mass is 10.8. The van der Waals surface area contributed by atoms with Crippen molar-refractivity contribution in [3.05, 3.63) is 0 Å². The number of rotatable bonds is 3. The molecule has 0 fully saturated rings. The standard InChI is InChI=1S/C5H11NO4S/c1-6-5(7)10-3-4-11(2,8)9/h3-4H2,1-2H3,(H,6,7). The molecule has 0 spiro atoms. The van der Waals surface area contributed by atoms with Crippen LogP contribution in [-0.2, 0) is 14.6 Å². The summed E-state index contributed by atoms with van der Waals surface area (Å²) in [5.74, 6) is -0.138. The molecular formula is C5H11NO4S. The Kier molecular flexibility index (Phi) is 3.88. The zero-order valence-electron chi connectivity index (χ0n) is 6.46. The molecule has 0 aliphatic heterocycles. The maximum atomic E-state index is 10.5. The van der Waals surface area contributed by atoms with E-state index in [0.717, 1.165) is 6.26 Å². The lowest BCUT2D eigenvalue weighted by Crippen LogP contribution is -2.22. The summed E-state index contributed by atoms with van der Waals surface area (Å²) in [6.45, 7) is -0.0987. The fourth-order valence-electron chi connectivity index (χ4n) is 0.358. The molecule has 0 aliphatic rings. The fraction of sp³-hybridized carbons (Fsp3) is 0.800. The van der Waals surface area contributed by atoms with Gasteiger partial charge in [0.15, 0.2) is 9.84 Å². The number of nitrogens with one attached hydrogen (secondary N) is 1. The fourth-order valence-corrected chi connectivity index (χ4v) is 0.744. The van der Waals surface area contributed by atoms with Crippen LogP contribution in [0.5, 0.6) is 0 Å². The van der Waals surface area contributed by atoms with Crippen LogP contribution in [0.1, 0.15) is 0 Å². The van der Waals surface area contributed by atoms with E-state index in [1.165, 1.54) is 7.05 Å². The van der Waals surface area contributed by atoms with Crippen molar-refractivity contribution in [3.8, 4) is 0 Å². The zero-order chi connectivity index (χ0) is 8.91. The Bertz CT molecular complexity index is 221. The van der Waals surface area contributed by atoms with Crippen molar-refractivity contribution in [1.29, 1.82) is 0 Å². The maximum Gasteiger partial charge on any atom is 0.406 e. The van der Waals surface area contributed by atoms with E-state index in [9.17, 15) is 13.2 Å². The van der Waals surface area contributed by atoms with E-state index in [0.29, 0.717) is 0 Å². The summed E-state index contributed by atoms with van der Waals surface area (Å²) in [5, 5.41) is 2.20. The van der Waals surface area contributed by atoms with Gasteiger partial charge in [-0.25, -0.2) is 13.2 Å². The molecule has 0 bridgehead atoms. The van der Waals surface area contributed by atoms with Crippen molar-refractivity contribution in [3.63, 3.8) is 0 Å². The summed E-state index contributed by atoms with van der Waals surface area (Å²) in [6.07, 6.45) is 0.467. The number of sulfone groups is 1. The van der Waals surface area contributed by atoms with Crippen molar-refractivity contribution < 1.29 is 17.9 Å². The minimum Gasteiger partial charge on any atom is -0.448 e. The number of carbonyl (C=O) groups is 1. The van der Waals surface area contributed by atoms with Gasteiger partial charge in [-0.15, -0.1) is 0 Å². The summed E-state index contributed by atoms with van der Waals surface area (Å²) >= 11 is 0. The molecular weight excluding hydrogens is 170 g/mol. The van der Waals surface area contributed by atoms with Gasteiger partial charge >= 0.3 is 6.09 Å². The van der Waals surface area contributed by atoms with Crippen LogP contribution in [0.4, 0.5) is 4.79 Å². The highest BCUT2D eigenvalue weighted by Crippen LogP contribution is 1.83. The topological polar surface area (TPSA) is 72.5 Å². The molecule has 0 saturated heterocycles. The molecule has 11 heavy (non-hydrogen) atoms. The first-order chi connectivity index (χ1) is 4.95. The molecule has 0 aromatic carbocycles. The molecule has 0 radical (unpaired) electrons. The predicted octanol–water partition coefficient (Wildman–Crippen LogP) is -0.613. The average Bonchev–Trinajstić information content (AvgIpc) is 1.85. The zero-order valence-corrected chi connectivity index (χ0v) is 7.27. The second kappa shape index (κ2) is 4.17. The van der Waals surface area contributed by atoms with Crippen molar-refractivity contribution in [2.24, 2.45) is 0 Å². The van der Waals surface area contributed by atoms with Crippen LogP contribution in [0.15, 0.2) is 0 Å². The molecule has 0 aromatic rings. The molecule has 1 N–H and O–H groups in total. The summed E-state index contributed by atoms with van der Waals surface area (Å²) in [6, 6.07) is 0. The SMILES string of the molecule is CNC(=O)OCCS(C)(=O)=O. The van der Waals surface area contributed by atoms with Gasteiger partial charge in [0.25, 0.3) is 0 Å². The lowest BCUT2D eigenvalue weighted by molar-refractivity contribution is 0.155. The van der Waals surface area contributed by atoms with Crippen LogP contribution >= 0.6 is 0 Å². The molecule has 0 saturated carbocycles. The van der Waals surface area contributed by atoms with E-state index in [1.807, 2.05) is 0 Å². The Morgan fingerprint density at radius 1 is 1.55 bits per heavy atom. The van der Waals surface area contributed by atoms with Gasteiger partial charge in [0.1, 0.15) is 6.61 Å². The number of amides is 1. The second-order valence-corrected chi connectivity index (χ2v) is 4.28. The molecule has 5 nitrogen and oxygen atoms in total. The van der Waals surface area contributed by atoms with Gasteiger partial charge in [-0.05, 0) is 0 Å². The molecule has 1 amide bonds. The highest BCUT2D eigenvalue weighted by atomic mass is 32.2. The quantitative estimate of drug-likeness (QED) is 0.630. The van der Waals surface area contributed by atoms with Crippen LogP contribution < -0.4 is 5.32 Å². The van der Waals surface area contributed by atoms with Crippen LogP contribution in [-0.4, -0.2) is 40.2 Å². The Morgan fingerprint density at radius 3 is 2.45 bits per heavy atom. The Morgan fingerprint density at radius 2 is 2.09 bits per heavy atom. The third kappa shape index (κ3) is 7.11. The predicted molar refractivity (Wildman–Crippen MR) is 40.1 cm³/mol. The number of ether oxygens (including phenoxy) is 1. The lowest BCUT2D eigenvalue weighted by Gasteiger charge is -2.01. The molecule has 0 aromatic heterocycles. The number of hydrogen-bond acceptors (Lipinski definition) is 4. The minimum absolute atomic E-state index is 0.0987. The van der Waals surface area contributed by atoms with Gasteiger partial charge in [0.05, 0.1) is 5.75 Å². The van der Waals surface area contributed by atoms with E-state index in [1.54, 1.807) is 0 Å². The van der Waals surface area contributed by atoms with Crippen molar-refractivity contribution in [1.82, 2.24) is 5.32 Å². The first-order valence-corrected chi connectivity index (χ1v) is 5.04. The van der Waals surface area contributed by atoms with Crippen LogP contribution in [0, 0.1) is 0 Å². The molecule has 0 atom stereocenters. The first-order valence-electron chi connectivity index (χ1n) is 2.98. The Labute approximate surface area is 65.6 Å². The number of carbonyl (C=O) groups excluding carboxylic acids is 1. The largest absolute Gasteiger partial charge is 0.448 e. The van der Waals surface area contributed by atoms with Crippen molar-refractivity contribution in [2.75, 3.05) is 25.7 Å². The van der Waals surface area contributed by atoms with Gasteiger partial charge in [0.2, 0.25) is 0 Å². The Hall–Kier alpha value is -0.780. The van der Waals surface area contributed by atoms with Crippen LogP contribution in [0.3, 0.4) is 0 Å². The molecule has 0 heterocycles. The molecule has 6 heteroatoms. The molecule has 66 valence electrons. The average molecular weight is 181 g/mol. The summed E-state index contributed by atoms with van der Waals surface area (Å²) < 4.78 is 25.4. The second-order valence-electron chi connectivity index (χ2n) is 2.02. The first kappa shape index (κ1) is 10.2. The summed E-state index contributed by atoms with van der Waals surface area (Å²) in [4.78, 5) is 10.4. The van der Waals surface area contributed by atoms with Crippen LogP contribution in [0.2, 0.25) is 0 Å². The van der Waals surface area contributed by atoms with Gasteiger partial charge in [-0.1, -0.05) is 0 Å². The highest BCUT2D eigenvalue weighted by molar-refractivity contribution is 7.90. The van der Waals surface area contributed by atoms with E-state index in [-0.39, 0.29) is 12.4 Å². The van der Waals surface area contributed by atoms with Crippen molar-refractivity contribution in [2.45, 2.75) is 0 Å².